The van der Waals surface area contributed by atoms with Crippen molar-refractivity contribution in [2.24, 2.45) is 0 Å². The second kappa shape index (κ2) is 7.47. The molecule has 126 valence electrons. The maximum atomic E-state index is 12.1. The summed E-state index contributed by atoms with van der Waals surface area (Å²) in [5.41, 5.74) is 4.00. The largest absolute Gasteiger partial charge is 0.444 e. The Labute approximate surface area is 141 Å². The van der Waals surface area contributed by atoms with E-state index in [0.717, 1.165) is 23.4 Å². The molecule has 0 aromatic heterocycles. The molecule has 5 heteroatoms. The average Bonchev–Trinajstić information content (AvgIpc) is 3.05. The summed E-state index contributed by atoms with van der Waals surface area (Å²) in [4.78, 5) is 14.3. The van der Waals surface area contributed by atoms with Gasteiger partial charge in [-0.05, 0) is 29.7 Å². The zero-order chi connectivity index (χ0) is 16.9. The fourth-order valence-electron chi connectivity index (χ4n) is 2.86. The van der Waals surface area contributed by atoms with Crippen LogP contribution in [-0.2, 0) is 24.4 Å². The Morgan fingerprint density at radius 1 is 1.21 bits per heavy atom. The second-order valence-corrected chi connectivity index (χ2v) is 6.07. The zero-order valence-corrected chi connectivity index (χ0v) is 13.7. The van der Waals surface area contributed by atoms with E-state index in [4.69, 9.17) is 4.74 Å². The highest BCUT2D eigenvalue weighted by Gasteiger charge is 2.25. The Kier molecular flexibility index (Phi) is 5.13. The molecule has 1 atom stereocenters. The van der Waals surface area contributed by atoms with Crippen LogP contribution in [0.15, 0.2) is 48.5 Å². The number of hydrogen-bond donors (Lipinski definition) is 2. The first-order chi connectivity index (χ1) is 11.7. The first-order valence-electron chi connectivity index (χ1n) is 8.10. The number of hydrogen-bond acceptors (Lipinski definition) is 4. The maximum Gasteiger partial charge on any atom is 0.411 e. The van der Waals surface area contributed by atoms with Gasteiger partial charge in [0.15, 0.2) is 0 Å². The van der Waals surface area contributed by atoms with Gasteiger partial charge in [-0.15, -0.1) is 0 Å². The number of rotatable bonds is 5. The van der Waals surface area contributed by atoms with Gasteiger partial charge in [0.2, 0.25) is 0 Å². The third-order valence-corrected chi connectivity index (χ3v) is 4.34. The molecule has 1 amide bonds. The minimum atomic E-state index is -0.457. The number of aliphatic hydroxyl groups is 1. The number of nitrogens with zero attached hydrogens (tertiary/aromatic N) is 1. The third kappa shape index (κ3) is 3.75. The summed E-state index contributed by atoms with van der Waals surface area (Å²) < 4.78 is 5.28. The van der Waals surface area contributed by atoms with E-state index in [1.165, 1.54) is 5.56 Å². The van der Waals surface area contributed by atoms with Crippen molar-refractivity contribution in [3.63, 3.8) is 0 Å². The SMILES string of the molecule is CC(CO)N1Cc2cccc(NC(=O)OCc3ccccc3)c2C1. The van der Waals surface area contributed by atoms with E-state index < -0.39 is 6.09 Å². The van der Waals surface area contributed by atoms with Crippen LogP contribution in [0, 0.1) is 0 Å². The van der Waals surface area contributed by atoms with E-state index in [0.29, 0.717) is 6.54 Å². The van der Waals surface area contributed by atoms with Gasteiger partial charge in [-0.3, -0.25) is 10.2 Å². The lowest BCUT2D eigenvalue weighted by Gasteiger charge is -2.21. The zero-order valence-electron chi connectivity index (χ0n) is 13.7. The van der Waals surface area contributed by atoms with Crippen LogP contribution < -0.4 is 5.32 Å². The van der Waals surface area contributed by atoms with E-state index in [1.54, 1.807) is 0 Å². The normalized spacial score (nSPS) is 14.9. The Hall–Kier alpha value is -2.37. The van der Waals surface area contributed by atoms with Crippen LogP contribution in [-0.4, -0.2) is 28.7 Å². The molecule has 2 N–H and O–H groups in total. The highest BCUT2D eigenvalue weighted by atomic mass is 16.5. The lowest BCUT2D eigenvalue weighted by atomic mass is 10.1. The summed E-state index contributed by atoms with van der Waals surface area (Å²) in [6.07, 6.45) is -0.457. The van der Waals surface area contributed by atoms with Crippen molar-refractivity contribution in [2.45, 2.75) is 32.7 Å². The molecular formula is C19H22N2O3. The number of ether oxygens (including phenoxy) is 1. The minimum Gasteiger partial charge on any atom is -0.444 e. The molecule has 2 aromatic carbocycles. The van der Waals surface area contributed by atoms with Crippen LogP contribution in [0.4, 0.5) is 10.5 Å². The molecule has 0 fully saturated rings. The molecule has 1 heterocycles. The van der Waals surface area contributed by atoms with Gasteiger partial charge in [0.1, 0.15) is 6.61 Å². The molecule has 0 saturated heterocycles. The molecule has 0 spiro atoms. The number of benzene rings is 2. The number of anilines is 1. The van der Waals surface area contributed by atoms with Gasteiger partial charge in [0.25, 0.3) is 0 Å². The van der Waals surface area contributed by atoms with Crippen molar-refractivity contribution in [3.8, 4) is 0 Å². The molecule has 24 heavy (non-hydrogen) atoms. The molecule has 0 radical (unpaired) electrons. The van der Waals surface area contributed by atoms with Crippen molar-refractivity contribution in [1.29, 1.82) is 0 Å². The Bertz CT molecular complexity index is 703. The maximum absolute atomic E-state index is 12.1. The van der Waals surface area contributed by atoms with Crippen molar-refractivity contribution >= 4 is 11.8 Å². The van der Waals surface area contributed by atoms with Crippen molar-refractivity contribution in [3.05, 3.63) is 65.2 Å². The van der Waals surface area contributed by atoms with E-state index in [2.05, 4.69) is 16.3 Å². The minimum absolute atomic E-state index is 0.0929. The van der Waals surface area contributed by atoms with Crippen LogP contribution in [0.2, 0.25) is 0 Å². The van der Waals surface area contributed by atoms with E-state index in [-0.39, 0.29) is 19.3 Å². The van der Waals surface area contributed by atoms with Gasteiger partial charge in [0, 0.05) is 24.8 Å². The number of carbonyl (C=O) groups excluding carboxylic acids is 1. The van der Waals surface area contributed by atoms with Gasteiger partial charge >= 0.3 is 6.09 Å². The van der Waals surface area contributed by atoms with E-state index >= 15 is 0 Å². The van der Waals surface area contributed by atoms with Crippen molar-refractivity contribution in [2.75, 3.05) is 11.9 Å². The monoisotopic (exact) mass is 326 g/mol. The number of fused-ring (bicyclic) bond motifs is 1. The summed E-state index contributed by atoms with van der Waals surface area (Å²) in [6.45, 7) is 3.86. The quantitative estimate of drug-likeness (QED) is 0.886. The summed E-state index contributed by atoms with van der Waals surface area (Å²) in [7, 11) is 0. The molecule has 3 rings (SSSR count). The first-order valence-corrected chi connectivity index (χ1v) is 8.10. The topological polar surface area (TPSA) is 61.8 Å². The van der Waals surface area contributed by atoms with Crippen LogP contribution in [0.5, 0.6) is 0 Å². The van der Waals surface area contributed by atoms with Crippen LogP contribution in [0.3, 0.4) is 0 Å². The number of amides is 1. The van der Waals surface area contributed by atoms with Crippen LogP contribution in [0.1, 0.15) is 23.6 Å². The molecule has 0 saturated carbocycles. The van der Waals surface area contributed by atoms with Crippen molar-refractivity contribution in [1.82, 2.24) is 4.90 Å². The molecule has 1 aliphatic rings. The molecular weight excluding hydrogens is 304 g/mol. The highest BCUT2D eigenvalue weighted by Crippen LogP contribution is 2.30. The molecule has 0 aliphatic carbocycles. The van der Waals surface area contributed by atoms with Crippen LogP contribution >= 0.6 is 0 Å². The van der Waals surface area contributed by atoms with Gasteiger partial charge in [-0.25, -0.2) is 4.79 Å². The predicted octanol–water partition coefficient (Wildman–Crippen LogP) is 3.13. The Morgan fingerprint density at radius 3 is 2.75 bits per heavy atom. The fraction of sp³-hybridized carbons (Fsp3) is 0.316. The van der Waals surface area contributed by atoms with Crippen molar-refractivity contribution < 1.29 is 14.6 Å². The molecule has 1 aliphatic heterocycles. The standard InChI is InChI=1S/C19H22N2O3/c1-14(12-22)21-10-16-8-5-9-18(17(16)11-21)20-19(23)24-13-15-6-3-2-4-7-15/h2-9,14,22H,10-13H2,1H3,(H,20,23). The average molecular weight is 326 g/mol. The summed E-state index contributed by atoms with van der Waals surface area (Å²) in [5, 5.41) is 12.2. The molecule has 0 bridgehead atoms. The molecule has 1 unspecified atom stereocenters. The predicted molar refractivity (Wildman–Crippen MR) is 92.5 cm³/mol. The third-order valence-electron chi connectivity index (χ3n) is 4.34. The lowest BCUT2D eigenvalue weighted by molar-refractivity contribution is 0.134. The van der Waals surface area contributed by atoms with Gasteiger partial charge in [-0.1, -0.05) is 42.5 Å². The highest BCUT2D eigenvalue weighted by molar-refractivity contribution is 5.86. The molecule has 5 nitrogen and oxygen atoms in total. The lowest BCUT2D eigenvalue weighted by Crippen LogP contribution is -2.30. The number of aliphatic hydroxyl groups excluding tert-OH is 1. The summed E-state index contributed by atoms with van der Waals surface area (Å²) >= 11 is 0. The van der Waals surface area contributed by atoms with Gasteiger partial charge < -0.3 is 9.84 Å². The number of carbonyl (C=O) groups is 1. The summed E-state index contributed by atoms with van der Waals surface area (Å²) in [5.74, 6) is 0. The molecule has 2 aromatic rings. The second-order valence-electron chi connectivity index (χ2n) is 6.07. The first kappa shape index (κ1) is 16.5. The van der Waals surface area contributed by atoms with E-state index in [1.807, 2.05) is 49.4 Å². The Balaban J connectivity index is 1.63. The fourth-order valence-corrected chi connectivity index (χ4v) is 2.86. The van der Waals surface area contributed by atoms with Gasteiger partial charge in [0.05, 0.1) is 6.61 Å². The smallest absolute Gasteiger partial charge is 0.411 e. The van der Waals surface area contributed by atoms with Gasteiger partial charge in [-0.2, -0.15) is 0 Å². The van der Waals surface area contributed by atoms with E-state index in [9.17, 15) is 9.90 Å². The van der Waals surface area contributed by atoms with Crippen LogP contribution in [0.25, 0.3) is 0 Å². The Morgan fingerprint density at radius 2 is 2.00 bits per heavy atom. The summed E-state index contributed by atoms with van der Waals surface area (Å²) in [6, 6.07) is 15.6. The number of nitrogens with one attached hydrogen (secondary N) is 1.